The summed E-state index contributed by atoms with van der Waals surface area (Å²) in [6.45, 7) is 0. The lowest BCUT2D eigenvalue weighted by Crippen LogP contribution is -1.94. The Morgan fingerprint density at radius 1 is 1.15 bits per heavy atom. The van der Waals surface area contributed by atoms with Crippen molar-refractivity contribution in [1.82, 2.24) is 4.98 Å². The maximum absolute atomic E-state index is 13.8. The van der Waals surface area contributed by atoms with Gasteiger partial charge >= 0.3 is 0 Å². The van der Waals surface area contributed by atoms with Gasteiger partial charge in [-0.15, -0.1) is 11.3 Å². The van der Waals surface area contributed by atoms with Crippen LogP contribution in [-0.2, 0) is 0 Å². The monoisotopic (exact) mass is 292 g/mol. The minimum Gasteiger partial charge on any atom is -0.497 e. The maximum atomic E-state index is 13.8. The van der Waals surface area contributed by atoms with Gasteiger partial charge in [0.2, 0.25) is 0 Å². The number of nitrogens with zero attached hydrogens (tertiary/aromatic N) is 1. The van der Waals surface area contributed by atoms with Crippen LogP contribution in [0.25, 0.3) is 20.8 Å². The highest BCUT2D eigenvalue weighted by atomic mass is 32.1. The van der Waals surface area contributed by atoms with E-state index >= 15 is 0 Å². The van der Waals surface area contributed by atoms with Crippen molar-refractivity contribution < 1.29 is 13.5 Å². The van der Waals surface area contributed by atoms with Crippen LogP contribution >= 0.6 is 11.3 Å². The Balaban J connectivity index is 2.17. The first kappa shape index (κ1) is 12.8. The lowest BCUT2D eigenvalue weighted by Gasteiger charge is -2.01. The fraction of sp³-hybridized carbons (Fsp3) is 0.0714. The second-order valence-corrected chi connectivity index (χ2v) is 5.24. The van der Waals surface area contributed by atoms with E-state index in [1.807, 2.05) is 6.07 Å². The van der Waals surface area contributed by atoms with Crippen molar-refractivity contribution in [1.29, 1.82) is 0 Å². The number of halogens is 2. The molecule has 3 aromatic rings. The van der Waals surface area contributed by atoms with E-state index in [1.165, 1.54) is 17.4 Å². The van der Waals surface area contributed by atoms with Crippen molar-refractivity contribution in [2.24, 2.45) is 0 Å². The van der Waals surface area contributed by atoms with Gasteiger partial charge in [0.05, 0.1) is 23.0 Å². The number of rotatable bonds is 2. The van der Waals surface area contributed by atoms with Crippen LogP contribution in [0, 0.1) is 11.6 Å². The van der Waals surface area contributed by atoms with E-state index in [1.54, 1.807) is 19.2 Å². The highest BCUT2D eigenvalue weighted by Gasteiger charge is 2.14. The van der Waals surface area contributed by atoms with Crippen molar-refractivity contribution in [3.63, 3.8) is 0 Å². The summed E-state index contributed by atoms with van der Waals surface area (Å²) in [5.41, 5.74) is 6.31. The molecule has 102 valence electrons. The van der Waals surface area contributed by atoms with Crippen molar-refractivity contribution in [2.45, 2.75) is 0 Å². The molecule has 2 N–H and O–H groups in total. The summed E-state index contributed by atoms with van der Waals surface area (Å²) in [5.74, 6) is -0.747. The summed E-state index contributed by atoms with van der Waals surface area (Å²) in [4.78, 5) is 4.33. The van der Waals surface area contributed by atoms with E-state index in [0.717, 1.165) is 16.3 Å². The highest BCUT2D eigenvalue weighted by Crippen LogP contribution is 2.34. The fourth-order valence-corrected chi connectivity index (χ4v) is 2.89. The molecule has 0 aliphatic carbocycles. The normalized spacial score (nSPS) is 10.9. The maximum Gasteiger partial charge on any atom is 0.149 e. The third kappa shape index (κ3) is 2.08. The van der Waals surface area contributed by atoms with Gasteiger partial charge in [0.15, 0.2) is 0 Å². The summed E-state index contributed by atoms with van der Waals surface area (Å²) in [6, 6.07) is 7.43. The number of methoxy groups -OCH3 is 1. The van der Waals surface area contributed by atoms with E-state index in [2.05, 4.69) is 4.98 Å². The molecule has 6 heteroatoms. The summed E-state index contributed by atoms with van der Waals surface area (Å²) < 4.78 is 33.0. The van der Waals surface area contributed by atoms with Gasteiger partial charge in [-0.25, -0.2) is 13.8 Å². The first-order chi connectivity index (χ1) is 9.58. The zero-order valence-electron chi connectivity index (χ0n) is 10.5. The van der Waals surface area contributed by atoms with Gasteiger partial charge in [0, 0.05) is 11.6 Å². The van der Waals surface area contributed by atoms with E-state index in [-0.39, 0.29) is 11.3 Å². The first-order valence-electron chi connectivity index (χ1n) is 5.78. The number of anilines is 1. The molecule has 1 heterocycles. The Bertz CT molecular complexity index is 801. The van der Waals surface area contributed by atoms with E-state index in [4.69, 9.17) is 10.5 Å². The molecule has 0 aliphatic heterocycles. The standard InChI is InChI=1S/C14H10F2N2OS/c1-19-7-2-3-12-13(4-7)20-14(18-12)8-5-11(17)10(16)6-9(8)15/h2-6H,17H2,1H3. The number of nitrogen functional groups attached to an aromatic ring is 1. The molecule has 0 fully saturated rings. The molecule has 0 aliphatic rings. The minimum absolute atomic E-state index is 0.0989. The quantitative estimate of drug-likeness (QED) is 0.730. The Kier molecular flexibility index (Phi) is 3.02. The Morgan fingerprint density at radius 3 is 2.70 bits per heavy atom. The van der Waals surface area contributed by atoms with Crippen LogP contribution < -0.4 is 10.5 Å². The molecule has 0 atom stereocenters. The van der Waals surface area contributed by atoms with Gasteiger partial charge in [-0.1, -0.05) is 0 Å². The predicted molar refractivity (Wildman–Crippen MR) is 75.9 cm³/mol. The number of thiazole rings is 1. The SMILES string of the molecule is COc1ccc2nc(-c3cc(N)c(F)cc3F)sc2c1. The molecule has 0 spiro atoms. The van der Waals surface area contributed by atoms with Gasteiger partial charge in [-0.2, -0.15) is 0 Å². The average molecular weight is 292 g/mol. The zero-order chi connectivity index (χ0) is 14.3. The number of fused-ring (bicyclic) bond motifs is 1. The molecule has 0 unspecified atom stereocenters. The Morgan fingerprint density at radius 2 is 1.95 bits per heavy atom. The number of hydrogen-bond acceptors (Lipinski definition) is 4. The number of ether oxygens (including phenoxy) is 1. The molecule has 0 amide bonds. The molecular weight excluding hydrogens is 282 g/mol. The van der Waals surface area contributed by atoms with Crippen molar-refractivity contribution >= 4 is 27.2 Å². The lowest BCUT2D eigenvalue weighted by molar-refractivity contribution is 0.415. The van der Waals surface area contributed by atoms with E-state index < -0.39 is 11.6 Å². The summed E-state index contributed by atoms with van der Waals surface area (Å²) in [6.07, 6.45) is 0. The molecule has 3 nitrogen and oxygen atoms in total. The molecule has 20 heavy (non-hydrogen) atoms. The highest BCUT2D eigenvalue weighted by molar-refractivity contribution is 7.21. The molecule has 0 saturated heterocycles. The molecule has 3 rings (SSSR count). The zero-order valence-corrected chi connectivity index (χ0v) is 11.3. The number of hydrogen-bond donors (Lipinski definition) is 1. The molecule has 2 aromatic carbocycles. The second-order valence-electron chi connectivity index (χ2n) is 4.21. The number of benzene rings is 2. The molecule has 1 aromatic heterocycles. The minimum atomic E-state index is -0.769. The van der Waals surface area contributed by atoms with Gasteiger partial charge < -0.3 is 10.5 Å². The molecule has 0 saturated carbocycles. The average Bonchev–Trinajstić information content (AvgIpc) is 2.85. The van der Waals surface area contributed by atoms with E-state index in [0.29, 0.717) is 10.8 Å². The van der Waals surface area contributed by atoms with Crippen LogP contribution in [0.15, 0.2) is 30.3 Å². The van der Waals surface area contributed by atoms with Gasteiger partial charge in [-0.05, 0) is 24.3 Å². The topological polar surface area (TPSA) is 48.1 Å². The van der Waals surface area contributed by atoms with Crippen molar-refractivity contribution in [3.8, 4) is 16.3 Å². The summed E-state index contributed by atoms with van der Waals surface area (Å²) >= 11 is 1.30. The smallest absolute Gasteiger partial charge is 0.149 e. The number of aromatic nitrogens is 1. The summed E-state index contributed by atoms with van der Waals surface area (Å²) in [5, 5.41) is 0.456. The predicted octanol–water partition coefficient (Wildman–Crippen LogP) is 3.83. The van der Waals surface area contributed by atoms with Crippen LogP contribution in [0.4, 0.5) is 14.5 Å². The van der Waals surface area contributed by atoms with E-state index in [9.17, 15) is 8.78 Å². The molecular formula is C14H10F2N2OS. The second kappa shape index (κ2) is 4.72. The van der Waals surface area contributed by atoms with Crippen LogP contribution in [0.1, 0.15) is 0 Å². The van der Waals surface area contributed by atoms with Crippen LogP contribution in [0.3, 0.4) is 0 Å². The largest absolute Gasteiger partial charge is 0.497 e. The lowest BCUT2D eigenvalue weighted by atomic mass is 10.2. The van der Waals surface area contributed by atoms with Crippen molar-refractivity contribution in [2.75, 3.05) is 12.8 Å². The third-order valence-electron chi connectivity index (χ3n) is 2.91. The van der Waals surface area contributed by atoms with Crippen LogP contribution in [0.2, 0.25) is 0 Å². The van der Waals surface area contributed by atoms with Crippen LogP contribution in [-0.4, -0.2) is 12.1 Å². The molecule has 0 bridgehead atoms. The van der Waals surface area contributed by atoms with Crippen molar-refractivity contribution in [3.05, 3.63) is 42.0 Å². The Hall–Kier alpha value is -2.21. The third-order valence-corrected chi connectivity index (χ3v) is 3.96. The first-order valence-corrected chi connectivity index (χ1v) is 6.59. The van der Waals surface area contributed by atoms with Gasteiger partial charge in [0.25, 0.3) is 0 Å². The fourth-order valence-electron chi connectivity index (χ4n) is 1.88. The van der Waals surface area contributed by atoms with Gasteiger partial charge in [0.1, 0.15) is 22.4 Å². The number of nitrogens with two attached hydrogens (primary N) is 1. The Labute approximate surface area is 117 Å². The molecule has 0 radical (unpaired) electrons. The van der Waals surface area contributed by atoms with Crippen LogP contribution in [0.5, 0.6) is 5.75 Å². The summed E-state index contributed by atoms with van der Waals surface area (Å²) in [7, 11) is 1.57. The van der Waals surface area contributed by atoms with Gasteiger partial charge in [-0.3, -0.25) is 0 Å².